The van der Waals surface area contributed by atoms with Crippen molar-refractivity contribution < 1.29 is 22.7 Å². The summed E-state index contributed by atoms with van der Waals surface area (Å²) in [6.45, 7) is 0.685. The Morgan fingerprint density at radius 1 is 1.39 bits per heavy atom. The molecule has 0 aliphatic heterocycles. The predicted molar refractivity (Wildman–Crippen MR) is 60.6 cm³/mol. The van der Waals surface area contributed by atoms with Crippen LogP contribution in [0.2, 0.25) is 0 Å². The van der Waals surface area contributed by atoms with Crippen LogP contribution in [-0.4, -0.2) is 25.7 Å². The van der Waals surface area contributed by atoms with E-state index in [1.165, 1.54) is 12.1 Å². The standard InChI is InChI=1S/C12H14F3NO2/c1-16-7-3-6-11(17)9-4-2-5-10(8-9)18-12(13,14)15/h2,4-5,8,16H,3,6-7H2,1H3. The van der Waals surface area contributed by atoms with Crippen LogP contribution in [0, 0.1) is 0 Å². The van der Waals surface area contributed by atoms with E-state index in [0.29, 0.717) is 13.0 Å². The molecule has 0 saturated heterocycles. The van der Waals surface area contributed by atoms with Crippen molar-refractivity contribution in [1.82, 2.24) is 5.32 Å². The van der Waals surface area contributed by atoms with E-state index in [1.807, 2.05) is 0 Å². The highest BCUT2D eigenvalue weighted by atomic mass is 19.4. The molecule has 0 saturated carbocycles. The first-order valence-electron chi connectivity index (χ1n) is 5.46. The maximum atomic E-state index is 12.0. The number of benzene rings is 1. The monoisotopic (exact) mass is 261 g/mol. The van der Waals surface area contributed by atoms with Crippen molar-refractivity contribution >= 4 is 5.78 Å². The number of halogens is 3. The van der Waals surface area contributed by atoms with Gasteiger partial charge in [0.15, 0.2) is 5.78 Å². The van der Waals surface area contributed by atoms with E-state index in [9.17, 15) is 18.0 Å². The molecule has 1 aromatic rings. The topological polar surface area (TPSA) is 38.3 Å². The Balaban J connectivity index is 2.66. The van der Waals surface area contributed by atoms with Crippen LogP contribution < -0.4 is 10.1 Å². The van der Waals surface area contributed by atoms with Crippen LogP contribution in [0.4, 0.5) is 13.2 Å². The van der Waals surface area contributed by atoms with Crippen molar-refractivity contribution in [3.05, 3.63) is 29.8 Å². The van der Waals surface area contributed by atoms with Gasteiger partial charge in [0.1, 0.15) is 5.75 Å². The Hall–Kier alpha value is -1.56. The summed E-state index contributed by atoms with van der Waals surface area (Å²) < 4.78 is 39.8. The lowest BCUT2D eigenvalue weighted by Gasteiger charge is -2.09. The summed E-state index contributed by atoms with van der Waals surface area (Å²) in [5, 5.41) is 2.89. The Morgan fingerprint density at radius 2 is 2.11 bits per heavy atom. The quantitative estimate of drug-likeness (QED) is 0.632. The van der Waals surface area contributed by atoms with Crippen molar-refractivity contribution in [2.45, 2.75) is 19.2 Å². The zero-order chi connectivity index (χ0) is 13.6. The molecule has 6 heteroatoms. The van der Waals surface area contributed by atoms with Crippen LogP contribution in [0.1, 0.15) is 23.2 Å². The Labute approximate surface area is 103 Å². The molecule has 0 atom stereocenters. The average molecular weight is 261 g/mol. The third-order valence-electron chi connectivity index (χ3n) is 2.22. The third kappa shape index (κ3) is 5.18. The summed E-state index contributed by atoms with van der Waals surface area (Å²) in [7, 11) is 1.77. The molecule has 0 bridgehead atoms. The summed E-state index contributed by atoms with van der Waals surface area (Å²) in [4.78, 5) is 11.7. The Bertz CT molecular complexity index is 405. The number of rotatable bonds is 6. The van der Waals surface area contributed by atoms with Crippen LogP contribution in [-0.2, 0) is 0 Å². The number of hydrogen-bond donors (Lipinski definition) is 1. The number of carbonyl (C=O) groups excluding carboxylic acids is 1. The maximum Gasteiger partial charge on any atom is 0.573 e. The van der Waals surface area contributed by atoms with Gasteiger partial charge in [-0.15, -0.1) is 13.2 Å². The van der Waals surface area contributed by atoms with Crippen LogP contribution in [0.25, 0.3) is 0 Å². The molecular formula is C12H14F3NO2. The van der Waals surface area contributed by atoms with E-state index in [4.69, 9.17) is 0 Å². The summed E-state index contributed by atoms with van der Waals surface area (Å²) in [5.41, 5.74) is 0.229. The number of Topliss-reactive ketones (excluding diaryl/α,β-unsaturated/α-hetero) is 1. The Morgan fingerprint density at radius 3 is 2.72 bits per heavy atom. The zero-order valence-electron chi connectivity index (χ0n) is 9.88. The first kappa shape index (κ1) is 14.5. The molecule has 0 unspecified atom stereocenters. The molecule has 0 heterocycles. The molecule has 0 fully saturated rings. The second kappa shape index (κ2) is 6.39. The molecule has 1 rings (SSSR count). The van der Waals surface area contributed by atoms with Gasteiger partial charge in [-0.3, -0.25) is 4.79 Å². The minimum absolute atomic E-state index is 0.196. The highest BCUT2D eigenvalue weighted by Gasteiger charge is 2.31. The summed E-state index contributed by atoms with van der Waals surface area (Å²) in [6.07, 6.45) is -3.82. The fourth-order valence-corrected chi connectivity index (χ4v) is 1.44. The molecule has 0 radical (unpaired) electrons. The molecule has 0 amide bonds. The van der Waals surface area contributed by atoms with E-state index in [0.717, 1.165) is 12.1 Å². The van der Waals surface area contributed by atoms with Crippen molar-refractivity contribution in [2.75, 3.05) is 13.6 Å². The predicted octanol–water partition coefficient (Wildman–Crippen LogP) is 2.77. The second-order valence-corrected chi connectivity index (χ2v) is 3.71. The van der Waals surface area contributed by atoms with Gasteiger partial charge in [0.05, 0.1) is 0 Å². The molecule has 0 aliphatic rings. The van der Waals surface area contributed by atoms with Gasteiger partial charge in [-0.1, -0.05) is 12.1 Å². The first-order chi connectivity index (χ1) is 8.42. The first-order valence-corrected chi connectivity index (χ1v) is 5.46. The van der Waals surface area contributed by atoms with Gasteiger partial charge in [-0.25, -0.2) is 0 Å². The second-order valence-electron chi connectivity index (χ2n) is 3.71. The van der Waals surface area contributed by atoms with Crippen molar-refractivity contribution in [1.29, 1.82) is 0 Å². The molecule has 0 aliphatic carbocycles. The molecule has 1 N–H and O–H groups in total. The van der Waals surface area contributed by atoms with Crippen LogP contribution in [0.15, 0.2) is 24.3 Å². The highest BCUT2D eigenvalue weighted by molar-refractivity contribution is 5.96. The zero-order valence-corrected chi connectivity index (χ0v) is 9.88. The SMILES string of the molecule is CNCCCC(=O)c1cccc(OC(F)(F)F)c1. The lowest BCUT2D eigenvalue weighted by Crippen LogP contribution is -2.17. The molecule has 100 valence electrons. The van der Waals surface area contributed by atoms with E-state index >= 15 is 0 Å². The molecule has 3 nitrogen and oxygen atoms in total. The van der Waals surface area contributed by atoms with Crippen LogP contribution in [0.5, 0.6) is 5.75 Å². The van der Waals surface area contributed by atoms with Gasteiger partial charge in [-0.2, -0.15) is 0 Å². The van der Waals surface area contributed by atoms with Gasteiger partial charge < -0.3 is 10.1 Å². The molecule has 18 heavy (non-hydrogen) atoms. The number of nitrogens with one attached hydrogen (secondary N) is 1. The third-order valence-corrected chi connectivity index (χ3v) is 2.22. The van der Waals surface area contributed by atoms with Crippen LogP contribution >= 0.6 is 0 Å². The highest BCUT2D eigenvalue weighted by Crippen LogP contribution is 2.23. The summed E-state index contributed by atoms with van der Waals surface area (Å²) in [5.74, 6) is -0.570. The molecule has 0 spiro atoms. The van der Waals surface area contributed by atoms with Crippen molar-refractivity contribution in [3.8, 4) is 5.75 Å². The van der Waals surface area contributed by atoms with E-state index in [1.54, 1.807) is 7.05 Å². The molecule has 0 aromatic heterocycles. The number of hydrogen-bond acceptors (Lipinski definition) is 3. The van der Waals surface area contributed by atoms with Crippen molar-refractivity contribution in [2.24, 2.45) is 0 Å². The fourth-order valence-electron chi connectivity index (χ4n) is 1.44. The van der Waals surface area contributed by atoms with E-state index in [2.05, 4.69) is 10.1 Å². The smallest absolute Gasteiger partial charge is 0.406 e. The normalized spacial score (nSPS) is 11.3. The molecule has 1 aromatic carbocycles. The van der Waals surface area contributed by atoms with Gasteiger partial charge in [0.25, 0.3) is 0 Å². The molecular weight excluding hydrogens is 247 g/mol. The summed E-state index contributed by atoms with van der Waals surface area (Å²) >= 11 is 0. The van der Waals surface area contributed by atoms with Gasteiger partial charge in [-0.05, 0) is 32.1 Å². The number of carbonyl (C=O) groups is 1. The number of ether oxygens (including phenoxy) is 1. The van der Waals surface area contributed by atoms with Gasteiger partial charge >= 0.3 is 6.36 Å². The fraction of sp³-hybridized carbons (Fsp3) is 0.417. The van der Waals surface area contributed by atoms with E-state index < -0.39 is 6.36 Å². The largest absolute Gasteiger partial charge is 0.573 e. The van der Waals surface area contributed by atoms with Crippen molar-refractivity contribution in [3.63, 3.8) is 0 Å². The number of ketones is 1. The maximum absolute atomic E-state index is 12.0. The lowest BCUT2D eigenvalue weighted by molar-refractivity contribution is -0.274. The minimum Gasteiger partial charge on any atom is -0.406 e. The Kier molecular flexibility index (Phi) is 5.15. The number of alkyl halides is 3. The lowest BCUT2D eigenvalue weighted by atomic mass is 10.1. The van der Waals surface area contributed by atoms with Crippen LogP contribution in [0.3, 0.4) is 0 Å². The van der Waals surface area contributed by atoms with E-state index in [-0.39, 0.29) is 23.5 Å². The van der Waals surface area contributed by atoms with Gasteiger partial charge in [0.2, 0.25) is 0 Å². The summed E-state index contributed by atoms with van der Waals surface area (Å²) in [6, 6.07) is 5.12. The van der Waals surface area contributed by atoms with Gasteiger partial charge in [0, 0.05) is 12.0 Å². The average Bonchev–Trinajstić information content (AvgIpc) is 2.27. The minimum atomic E-state index is -4.74.